The average Bonchev–Trinajstić information content (AvgIpc) is 2.54. The van der Waals surface area contributed by atoms with E-state index in [2.05, 4.69) is 5.32 Å². The Bertz CT molecular complexity index is 797. The molecular weight excluding hydrogens is 329 g/mol. The number of rotatable bonds is 6. The maximum Gasteiger partial charge on any atom is 0.224 e. The van der Waals surface area contributed by atoms with Crippen LogP contribution in [0.15, 0.2) is 53.4 Å². The molecule has 0 aromatic heterocycles. The molecule has 4 nitrogen and oxygen atoms in total. The second-order valence-corrected chi connectivity index (χ2v) is 8.32. The Balaban J connectivity index is 1.93. The Morgan fingerprint density at radius 3 is 2.08 bits per heavy atom. The molecule has 0 radical (unpaired) electrons. The van der Waals surface area contributed by atoms with Crippen LogP contribution in [0.3, 0.4) is 0 Å². The lowest BCUT2D eigenvalue weighted by Crippen LogP contribution is -2.24. The quantitative estimate of drug-likeness (QED) is 0.872. The maximum absolute atomic E-state index is 12.8. The van der Waals surface area contributed by atoms with Crippen LogP contribution < -0.4 is 5.32 Å². The topological polar surface area (TPSA) is 63.2 Å². The predicted molar refractivity (Wildman–Crippen MR) is 90.7 cm³/mol. The molecule has 2 aromatic carbocycles. The highest BCUT2D eigenvalue weighted by Crippen LogP contribution is 2.16. The van der Waals surface area contributed by atoms with Gasteiger partial charge in [-0.05, 0) is 49.2 Å². The first-order valence-electron chi connectivity index (χ1n) is 7.63. The molecule has 0 unspecified atom stereocenters. The number of carbonyl (C=O) groups excluding carboxylic acids is 1. The third kappa shape index (κ3) is 4.64. The Kier molecular flexibility index (Phi) is 5.72. The van der Waals surface area contributed by atoms with Gasteiger partial charge in [-0.2, -0.15) is 0 Å². The molecule has 0 heterocycles. The predicted octanol–water partition coefficient (Wildman–Crippen LogP) is 2.87. The number of hydrogen-bond donors (Lipinski definition) is 1. The van der Waals surface area contributed by atoms with Gasteiger partial charge in [-0.1, -0.05) is 24.3 Å². The third-order valence-corrected chi connectivity index (χ3v) is 5.81. The summed E-state index contributed by atoms with van der Waals surface area (Å²) in [6.07, 6.45) is 0.156. The molecule has 0 spiro atoms. The van der Waals surface area contributed by atoms with E-state index in [1.807, 2.05) is 0 Å². The Morgan fingerprint density at radius 2 is 1.54 bits per heavy atom. The van der Waals surface area contributed by atoms with Gasteiger partial charge in [-0.3, -0.25) is 4.79 Å². The van der Waals surface area contributed by atoms with Crippen molar-refractivity contribution in [3.05, 3.63) is 65.5 Å². The zero-order chi connectivity index (χ0) is 17.7. The molecule has 1 amide bonds. The summed E-state index contributed by atoms with van der Waals surface area (Å²) in [5.74, 6) is -0.500. The summed E-state index contributed by atoms with van der Waals surface area (Å²) in [6.45, 7) is 3.58. The summed E-state index contributed by atoms with van der Waals surface area (Å²) in [5.41, 5.74) is 1.54. The van der Waals surface area contributed by atoms with Crippen LogP contribution in [0.5, 0.6) is 0 Å². The second kappa shape index (κ2) is 7.57. The third-order valence-electron chi connectivity index (χ3n) is 3.64. The summed E-state index contributed by atoms with van der Waals surface area (Å²) in [4.78, 5) is 12.2. The van der Waals surface area contributed by atoms with Gasteiger partial charge in [0.25, 0.3) is 0 Å². The molecule has 6 heteroatoms. The first kappa shape index (κ1) is 18.1. The van der Waals surface area contributed by atoms with Gasteiger partial charge in [0.1, 0.15) is 5.82 Å². The van der Waals surface area contributed by atoms with E-state index in [0.717, 1.165) is 11.1 Å². The fourth-order valence-corrected chi connectivity index (χ4v) is 3.18. The van der Waals surface area contributed by atoms with Crippen molar-refractivity contribution in [2.24, 2.45) is 0 Å². The van der Waals surface area contributed by atoms with Crippen molar-refractivity contribution in [1.29, 1.82) is 0 Å². The summed E-state index contributed by atoms with van der Waals surface area (Å²) < 4.78 is 36.9. The molecule has 0 aliphatic heterocycles. The van der Waals surface area contributed by atoms with E-state index in [1.54, 1.807) is 38.1 Å². The first-order chi connectivity index (χ1) is 11.3. The number of amides is 1. The Labute approximate surface area is 141 Å². The zero-order valence-corrected chi connectivity index (χ0v) is 14.4. The zero-order valence-electron chi connectivity index (χ0n) is 13.6. The van der Waals surface area contributed by atoms with Gasteiger partial charge in [0.2, 0.25) is 5.91 Å². The van der Waals surface area contributed by atoms with Gasteiger partial charge >= 0.3 is 0 Å². The smallest absolute Gasteiger partial charge is 0.224 e. The molecule has 0 fully saturated rings. The van der Waals surface area contributed by atoms with Crippen LogP contribution in [-0.2, 0) is 27.6 Å². The van der Waals surface area contributed by atoms with E-state index in [4.69, 9.17) is 0 Å². The van der Waals surface area contributed by atoms with Crippen molar-refractivity contribution in [2.45, 2.75) is 37.0 Å². The molecular formula is C18H20FNO3S. The summed E-state index contributed by atoms with van der Waals surface area (Å²) >= 11 is 0. The SMILES string of the molecule is CC(C)S(=O)(=O)c1ccc(CC(=O)NCc2ccc(F)cc2)cc1. The van der Waals surface area contributed by atoms with Crippen molar-refractivity contribution in [2.75, 3.05) is 0 Å². The van der Waals surface area contributed by atoms with Gasteiger partial charge in [-0.25, -0.2) is 12.8 Å². The highest BCUT2D eigenvalue weighted by molar-refractivity contribution is 7.92. The maximum atomic E-state index is 12.8. The standard InChI is InChI=1S/C18H20FNO3S/c1-13(2)24(22,23)17-9-5-14(6-10-17)11-18(21)20-12-15-3-7-16(19)8-4-15/h3-10,13H,11-12H2,1-2H3,(H,20,21). The molecule has 128 valence electrons. The largest absolute Gasteiger partial charge is 0.352 e. The summed E-state index contributed by atoms with van der Waals surface area (Å²) in [5, 5.41) is 2.27. The minimum atomic E-state index is -3.30. The minimum Gasteiger partial charge on any atom is -0.352 e. The number of halogens is 1. The first-order valence-corrected chi connectivity index (χ1v) is 9.17. The number of hydrogen-bond acceptors (Lipinski definition) is 3. The highest BCUT2D eigenvalue weighted by Gasteiger charge is 2.18. The number of carbonyl (C=O) groups is 1. The van der Waals surface area contributed by atoms with Crippen molar-refractivity contribution in [3.8, 4) is 0 Å². The Hall–Kier alpha value is -2.21. The lowest BCUT2D eigenvalue weighted by atomic mass is 10.1. The van der Waals surface area contributed by atoms with Gasteiger partial charge < -0.3 is 5.32 Å². The van der Waals surface area contributed by atoms with Gasteiger partial charge in [0.05, 0.1) is 16.6 Å². The van der Waals surface area contributed by atoms with Crippen LogP contribution in [0.1, 0.15) is 25.0 Å². The molecule has 2 aromatic rings. The molecule has 0 bridgehead atoms. The monoisotopic (exact) mass is 349 g/mol. The van der Waals surface area contributed by atoms with E-state index < -0.39 is 15.1 Å². The molecule has 0 saturated carbocycles. The normalized spacial score (nSPS) is 11.5. The second-order valence-electron chi connectivity index (χ2n) is 5.82. The van der Waals surface area contributed by atoms with E-state index in [9.17, 15) is 17.6 Å². The van der Waals surface area contributed by atoms with E-state index in [-0.39, 0.29) is 23.0 Å². The van der Waals surface area contributed by atoms with E-state index in [0.29, 0.717) is 6.54 Å². The molecule has 1 N–H and O–H groups in total. The van der Waals surface area contributed by atoms with Crippen molar-refractivity contribution < 1.29 is 17.6 Å². The fourth-order valence-electron chi connectivity index (χ4n) is 2.12. The highest BCUT2D eigenvalue weighted by atomic mass is 32.2. The minimum absolute atomic E-state index is 0.156. The van der Waals surface area contributed by atoms with Crippen LogP contribution >= 0.6 is 0 Å². The van der Waals surface area contributed by atoms with Crippen LogP contribution in [0.2, 0.25) is 0 Å². The lowest BCUT2D eigenvalue weighted by molar-refractivity contribution is -0.120. The molecule has 0 saturated heterocycles. The summed E-state index contributed by atoms with van der Waals surface area (Å²) in [6, 6.07) is 12.3. The van der Waals surface area contributed by atoms with E-state index >= 15 is 0 Å². The van der Waals surface area contributed by atoms with Gasteiger partial charge in [-0.15, -0.1) is 0 Å². The van der Waals surface area contributed by atoms with Crippen molar-refractivity contribution >= 4 is 15.7 Å². The van der Waals surface area contributed by atoms with Crippen molar-refractivity contribution in [1.82, 2.24) is 5.32 Å². The molecule has 24 heavy (non-hydrogen) atoms. The number of nitrogens with one attached hydrogen (secondary N) is 1. The van der Waals surface area contributed by atoms with Crippen LogP contribution in [-0.4, -0.2) is 19.6 Å². The van der Waals surface area contributed by atoms with Gasteiger partial charge in [0, 0.05) is 6.54 Å². The number of sulfone groups is 1. The molecule has 0 aliphatic rings. The lowest BCUT2D eigenvalue weighted by Gasteiger charge is -2.09. The molecule has 2 rings (SSSR count). The van der Waals surface area contributed by atoms with Crippen LogP contribution in [0.4, 0.5) is 4.39 Å². The molecule has 0 atom stereocenters. The average molecular weight is 349 g/mol. The van der Waals surface area contributed by atoms with Crippen molar-refractivity contribution in [3.63, 3.8) is 0 Å². The number of benzene rings is 2. The van der Waals surface area contributed by atoms with Crippen LogP contribution in [0.25, 0.3) is 0 Å². The Morgan fingerprint density at radius 1 is 1.00 bits per heavy atom. The van der Waals surface area contributed by atoms with Gasteiger partial charge in [0.15, 0.2) is 9.84 Å². The van der Waals surface area contributed by atoms with E-state index in [1.165, 1.54) is 24.3 Å². The van der Waals surface area contributed by atoms with Crippen LogP contribution in [0, 0.1) is 5.82 Å². The summed E-state index contributed by atoms with van der Waals surface area (Å²) in [7, 11) is -3.30. The molecule has 0 aliphatic carbocycles. The fraction of sp³-hybridized carbons (Fsp3) is 0.278.